The molecule has 1 radical (unpaired) electrons. The monoisotopic (exact) mass is 591 g/mol. The maximum Gasteiger partial charge on any atom is 0.419 e. The lowest BCUT2D eigenvalue weighted by Gasteiger charge is -2.42. The van der Waals surface area contributed by atoms with Crippen LogP contribution in [0, 0.1) is 18.8 Å². The van der Waals surface area contributed by atoms with Gasteiger partial charge in [-0.2, -0.15) is 0 Å². The number of methoxy groups -OCH3 is 2. The van der Waals surface area contributed by atoms with E-state index in [0.29, 0.717) is 23.9 Å². The van der Waals surface area contributed by atoms with Crippen LogP contribution in [0.4, 0.5) is 4.79 Å². The van der Waals surface area contributed by atoms with Gasteiger partial charge in [-0.05, 0) is 106 Å². The molecule has 42 heavy (non-hydrogen) atoms. The third-order valence-corrected chi connectivity index (χ3v) is 11.6. The summed E-state index contributed by atoms with van der Waals surface area (Å²) in [6.07, 6.45) is 4.83. The Morgan fingerprint density at radius 2 is 1.74 bits per heavy atom. The highest BCUT2D eigenvalue weighted by molar-refractivity contribution is 6.70. The van der Waals surface area contributed by atoms with E-state index in [1.807, 2.05) is 58.2 Å². The number of carbonyl (C=O) groups is 2. The van der Waals surface area contributed by atoms with Crippen LogP contribution in [0.1, 0.15) is 61.5 Å². The lowest BCUT2D eigenvalue weighted by Crippen LogP contribution is -2.53. The number of aryl methyl sites for hydroxylation is 1. The molecule has 0 unspecified atom stereocenters. The minimum atomic E-state index is -1.16. The Balaban J connectivity index is 1.50. The first-order valence-corrected chi connectivity index (χ1v) is 16.5. The predicted octanol–water partition coefficient (Wildman–Crippen LogP) is 5.68. The zero-order valence-electron chi connectivity index (χ0n) is 25.7. The van der Waals surface area contributed by atoms with Crippen LogP contribution in [0.2, 0.25) is 6.04 Å². The van der Waals surface area contributed by atoms with E-state index in [4.69, 9.17) is 18.9 Å². The summed E-state index contributed by atoms with van der Waals surface area (Å²) in [6.45, 7) is 11.1. The summed E-state index contributed by atoms with van der Waals surface area (Å²) >= 11 is 0. The Kier molecular flexibility index (Phi) is 9.10. The first-order valence-electron chi connectivity index (χ1n) is 14.9. The number of fused-ring (bicyclic) bond motifs is 1. The number of hydrogen-bond acceptors (Lipinski definition) is 7. The topological polar surface area (TPSA) is 79.2 Å². The van der Waals surface area contributed by atoms with Crippen molar-refractivity contribution in [2.45, 2.75) is 65.1 Å². The van der Waals surface area contributed by atoms with Crippen molar-refractivity contribution in [2.24, 2.45) is 11.8 Å². The molecular formula is C33H43N2O6Si. The fraction of sp³-hybridized carbons (Fsp3) is 0.515. The number of rotatable bonds is 6. The molecular weight excluding hydrogens is 548 g/mol. The number of ether oxygens (including phenoxy) is 4. The number of esters is 1. The first kappa shape index (κ1) is 30.3. The molecule has 2 aliphatic heterocycles. The smallest absolute Gasteiger partial charge is 0.419 e. The van der Waals surface area contributed by atoms with Gasteiger partial charge >= 0.3 is 12.1 Å². The number of carbonyl (C=O) groups excluding carboxylic acids is 2. The van der Waals surface area contributed by atoms with Crippen LogP contribution in [-0.2, 0) is 20.8 Å². The van der Waals surface area contributed by atoms with Crippen molar-refractivity contribution >= 4 is 37.1 Å². The molecule has 3 aromatic rings. The van der Waals surface area contributed by atoms with Gasteiger partial charge in [0.2, 0.25) is 0 Å². The van der Waals surface area contributed by atoms with E-state index in [0.717, 1.165) is 72.8 Å². The summed E-state index contributed by atoms with van der Waals surface area (Å²) in [7, 11) is 1.97. The lowest BCUT2D eigenvalue weighted by atomic mass is 9.85. The van der Waals surface area contributed by atoms with Crippen LogP contribution in [0.25, 0.3) is 10.9 Å². The van der Waals surface area contributed by atoms with E-state index in [1.165, 1.54) is 12.3 Å². The van der Waals surface area contributed by atoms with Gasteiger partial charge < -0.3 is 23.5 Å². The number of nitrogens with zero attached hydrogens (tertiary/aromatic N) is 2. The first-order chi connectivity index (χ1) is 20.1. The number of aromatic nitrogens is 1. The van der Waals surface area contributed by atoms with Crippen molar-refractivity contribution in [1.82, 2.24) is 9.13 Å². The lowest BCUT2D eigenvalue weighted by molar-refractivity contribution is 0.0450. The molecule has 2 aliphatic rings. The van der Waals surface area contributed by atoms with Gasteiger partial charge in [0.15, 0.2) is 8.96 Å². The van der Waals surface area contributed by atoms with Crippen molar-refractivity contribution < 1.29 is 28.5 Å². The summed E-state index contributed by atoms with van der Waals surface area (Å²) in [6, 6.07) is 13.2. The molecule has 9 heteroatoms. The second-order valence-corrected chi connectivity index (χ2v) is 15.0. The average molecular weight is 592 g/mol. The molecule has 5 rings (SSSR count). The summed E-state index contributed by atoms with van der Waals surface area (Å²) in [5.74, 6) is 1.86. The number of hydrogen-bond donors (Lipinski definition) is 0. The Bertz CT molecular complexity index is 1420. The highest BCUT2D eigenvalue weighted by Gasteiger charge is 2.37. The highest BCUT2D eigenvalue weighted by atomic mass is 28.3. The quantitative estimate of drug-likeness (QED) is 0.270. The van der Waals surface area contributed by atoms with E-state index in [-0.39, 0.29) is 12.1 Å². The molecule has 0 aliphatic carbocycles. The Labute approximate surface area is 250 Å². The van der Waals surface area contributed by atoms with Crippen molar-refractivity contribution in [1.29, 1.82) is 0 Å². The Morgan fingerprint density at radius 1 is 1.02 bits per heavy atom. The van der Waals surface area contributed by atoms with Crippen LogP contribution in [0.5, 0.6) is 5.75 Å². The van der Waals surface area contributed by atoms with Gasteiger partial charge in [0.1, 0.15) is 11.4 Å². The molecule has 0 amide bonds. The van der Waals surface area contributed by atoms with Gasteiger partial charge in [-0.3, -0.25) is 4.57 Å². The van der Waals surface area contributed by atoms with Gasteiger partial charge in [-0.1, -0.05) is 12.1 Å². The number of benzene rings is 2. The summed E-state index contributed by atoms with van der Waals surface area (Å²) in [5, 5.41) is 2.30. The van der Waals surface area contributed by atoms with Gasteiger partial charge in [0, 0.05) is 36.9 Å². The molecule has 8 nitrogen and oxygen atoms in total. The summed E-state index contributed by atoms with van der Waals surface area (Å²) in [5.41, 5.74) is 2.88. The zero-order valence-corrected chi connectivity index (χ0v) is 26.7. The molecule has 0 bridgehead atoms. The van der Waals surface area contributed by atoms with E-state index in [9.17, 15) is 9.59 Å². The van der Waals surface area contributed by atoms with Gasteiger partial charge in [0.25, 0.3) is 0 Å². The fourth-order valence-electron chi connectivity index (χ4n) is 6.48. The maximum atomic E-state index is 13.1. The Morgan fingerprint density at radius 3 is 2.38 bits per heavy atom. The average Bonchev–Trinajstić information content (AvgIpc) is 3.44. The molecule has 1 atom stereocenters. The molecule has 1 aromatic heterocycles. The van der Waals surface area contributed by atoms with Crippen molar-refractivity contribution in [3.05, 3.63) is 59.3 Å². The van der Waals surface area contributed by atoms with Gasteiger partial charge in [-0.25, -0.2) is 9.59 Å². The molecule has 225 valence electrons. The molecule has 2 fully saturated rings. The maximum absolute atomic E-state index is 13.1. The summed E-state index contributed by atoms with van der Waals surface area (Å²) in [4.78, 5) is 25.3. The molecule has 0 spiro atoms. The molecule has 2 aromatic carbocycles. The SMILES string of the molecule is COC(=O)c1ccc([Si]2C[C@@H](C3CCOCC3)CCN2Cc2c(OC)cc(C)c3c2ccn3C(=O)OC(C)(C)C)cc1. The normalized spacial score (nSPS) is 19.1. The zero-order chi connectivity index (χ0) is 30.0. The van der Waals surface area contributed by atoms with Crippen LogP contribution < -0.4 is 9.92 Å². The highest BCUT2D eigenvalue weighted by Crippen LogP contribution is 2.38. The minimum absolute atomic E-state index is 0.319. The van der Waals surface area contributed by atoms with E-state index < -0.39 is 14.6 Å². The molecule has 0 N–H and O–H groups in total. The third kappa shape index (κ3) is 6.43. The Hall–Kier alpha value is -3.14. The second kappa shape index (κ2) is 12.6. The van der Waals surface area contributed by atoms with Gasteiger partial charge in [-0.15, -0.1) is 0 Å². The van der Waals surface area contributed by atoms with Crippen molar-refractivity contribution in [2.75, 3.05) is 34.0 Å². The van der Waals surface area contributed by atoms with Crippen LogP contribution >= 0.6 is 0 Å². The molecule has 0 saturated carbocycles. The third-order valence-electron chi connectivity index (χ3n) is 8.57. The molecule has 2 saturated heterocycles. The van der Waals surface area contributed by atoms with Crippen LogP contribution in [0.15, 0.2) is 42.6 Å². The van der Waals surface area contributed by atoms with E-state index in [1.54, 1.807) is 11.7 Å². The fourth-order valence-corrected chi connectivity index (χ4v) is 9.67. The van der Waals surface area contributed by atoms with Gasteiger partial charge in [0.05, 0.1) is 25.3 Å². The van der Waals surface area contributed by atoms with Crippen molar-refractivity contribution in [3.8, 4) is 5.75 Å². The molecule has 3 heterocycles. The standard InChI is InChI=1S/C33H43N2O6Si/c1-22-19-29(38-5)28(27-12-16-35(30(22)27)32(37)41-33(2,3)4)20-34-15-11-25(23-13-17-40-18-14-23)21-42(34)26-9-7-24(8-10-26)31(36)39-6/h7-10,12,16,19,23,25H,11,13-15,17-18,20-21H2,1-6H3/t25-/m0/s1. The van der Waals surface area contributed by atoms with Crippen LogP contribution in [0.3, 0.4) is 0 Å². The summed E-state index contributed by atoms with van der Waals surface area (Å²) < 4.78 is 26.5. The second-order valence-electron chi connectivity index (χ2n) is 12.4. The van der Waals surface area contributed by atoms with E-state index >= 15 is 0 Å². The predicted molar refractivity (Wildman–Crippen MR) is 165 cm³/mol. The van der Waals surface area contributed by atoms with Crippen molar-refractivity contribution in [3.63, 3.8) is 0 Å². The van der Waals surface area contributed by atoms with E-state index in [2.05, 4.69) is 16.7 Å². The largest absolute Gasteiger partial charge is 0.496 e. The van der Waals surface area contributed by atoms with Crippen LogP contribution in [-0.4, -0.2) is 69.7 Å². The minimum Gasteiger partial charge on any atom is -0.496 e.